The molecule has 2 aromatic carbocycles. The minimum absolute atomic E-state index is 0.250. The molecule has 2 aromatic rings. The van der Waals surface area contributed by atoms with E-state index in [-0.39, 0.29) is 10.2 Å². The zero-order chi connectivity index (χ0) is 15.6. The van der Waals surface area contributed by atoms with Gasteiger partial charge in [-0.05, 0) is 47.9 Å². The Morgan fingerprint density at radius 2 is 1.62 bits per heavy atom. The molecule has 0 amide bonds. The van der Waals surface area contributed by atoms with E-state index in [0.717, 1.165) is 6.42 Å². The molecule has 0 fully saturated rings. The van der Waals surface area contributed by atoms with Gasteiger partial charge >= 0.3 is 0 Å². The van der Waals surface area contributed by atoms with Crippen LogP contribution in [0, 0.1) is 13.8 Å². The van der Waals surface area contributed by atoms with Gasteiger partial charge in [0.15, 0.2) is 0 Å². The van der Waals surface area contributed by atoms with Crippen molar-refractivity contribution >= 4 is 15.9 Å². The Bertz CT molecular complexity index is 608. The van der Waals surface area contributed by atoms with E-state index in [1.165, 1.54) is 27.8 Å². The first-order chi connectivity index (χ1) is 9.85. The van der Waals surface area contributed by atoms with Gasteiger partial charge in [-0.3, -0.25) is 0 Å². The molecule has 0 aliphatic carbocycles. The lowest BCUT2D eigenvalue weighted by Crippen LogP contribution is -2.15. The number of alkyl halides is 1. The maximum atomic E-state index is 3.87. The van der Waals surface area contributed by atoms with Gasteiger partial charge < -0.3 is 0 Å². The Balaban J connectivity index is 2.32. The molecule has 0 aliphatic heterocycles. The van der Waals surface area contributed by atoms with Crippen LogP contribution in [-0.4, -0.2) is 0 Å². The molecule has 21 heavy (non-hydrogen) atoms. The van der Waals surface area contributed by atoms with E-state index in [1.54, 1.807) is 0 Å². The molecule has 0 N–H and O–H groups in total. The number of halogens is 1. The molecule has 0 bridgehead atoms. The van der Waals surface area contributed by atoms with Crippen molar-refractivity contribution in [1.29, 1.82) is 0 Å². The Morgan fingerprint density at radius 1 is 1.00 bits per heavy atom. The summed E-state index contributed by atoms with van der Waals surface area (Å²) < 4.78 is 0. The summed E-state index contributed by atoms with van der Waals surface area (Å²) in [6.07, 6.45) is 1.15. The van der Waals surface area contributed by atoms with Crippen LogP contribution in [0.2, 0.25) is 0 Å². The summed E-state index contributed by atoms with van der Waals surface area (Å²) in [5, 5.41) is 0. The quantitative estimate of drug-likeness (QED) is 0.557. The number of rotatable bonds is 4. The van der Waals surface area contributed by atoms with Crippen molar-refractivity contribution in [1.82, 2.24) is 0 Å². The fourth-order valence-electron chi connectivity index (χ4n) is 2.52. The van der Waals surface area contributed by atoms with Gasteiger partial charge in [0.05, 0.1) is 4.83 Å². The lowest BCUT2D eigenvalue weighted by Gasteiger charge is -2.24. The highest BCUT2D eigenvalue weighted by atomic mass is 79.9. The van der Waals surface area contributed by atoms with Crippen LogP contribution in [0.15, 0.2) is 42.5 Å². The summed E-state index contributed by atoms with van der Waals surface area (Å²) in [5.74, 6) is 0. The normalized spacial score (nSPS) is 13.2. The highest BCUT2D eigenvalue weighted by Gasteiger charge is 2.19. The van der Waals surface area contributed by atoms with Crippen LogP contribution < -0.4 is 0 Å². The smallest absolute Gasteiger partial charge is 0.0647 e. The standard InChI is InChI=1S/C20H25Br/c1-6-20(4,5)17-11-9-16(10-12-17)19(21)18-13-14(2)7-8-15(18)3/h7-13,19H,6H2,1-5H3. The van der Waals surface area contributed by atoms with Gasteiger partial charge in [-0.2, -0.15) is 0 Å². The van der Waals surface area contributed by atoms with Crippen LogP contribution in [0.5, 0.6) is 0 Å². The summed E-state index contributed by atoms with van der Waals surface area (Å²) in [4.78, 5) is 0.260. The van der Waals surface area contributed by atoms with Crippen LogP contribution in [-0.2, 0) is 5.41 Å². The Morgan fingerprint density at radius 3 is 2.19 bits per heavy atom. The van der Waals surface area contributed by atoms with E-state index in [0.29, 0.717) is 0 Å². The van der Waals surface area contributed by atoms with E-state index < -0.39 is 0 Å². The molecular formula is C20H25Br. The second-order valence-corrected chi connectivity index (χ2v) is 7.50. The highest BCUT2D eigenvalue weighted by molar-refractivity contribution is 9.09. The van der Waals surface area contributed by atoms with E-state index in [4.69, 9.17) is 0 Å². The molecule has 0 saturated heterocycles. The van der Waals surface area contributed by atoms with E-state index in [9.17, 15) is 0 Å². The molecule has 112 valence electrons. The third-order valence-electron chi connectivity index (χ3n) is 4.58. The molecule has 0 radical (unpaired) electrons. The summed E-state index contributed by atoms with van der Waals surface area (Å²) in [6.45, 7) is 11.2. The van der Waals surface area contributed by atoms with Crippen molar-refractivity contribution in [2.75, 3.05) is 0 Å². The number of hydrogen-bond donors (Lipinski definition) is 0. The highest BCUT2D eigenvalue weighted by Crippen LogP contribution is 2.35. The number of benzene rings is 2. The maximum absolute atomic E-state index is 3.87. The minimum atomic E-state index is 0.250. The van der Waals surface area contributed by atoms with Crippen molar-refractivity contribution in [2.45, 2.75) is 51.3 Å². The molecule has 1 heteroatoms. The van der Waals surface area contributed by atoms with Crippen LogP contribution in [0.4, 0.5) is 0 Å². The van der Waals surface area contributed by atoms with Crippen molar-refractivity contribution in [3.05, 3.63) is 70.3 Å². The van der Waals surface area contributed by atoms with Gasteiger partial charge in [-0.25, -0.2) is 0 Å². The fraction of sp³-hybridized carbons (Fsp3) is 0.400. The average Bonchev–Trinajstić information content (AvgIpc) is 2.49. The van der Waals surface area contributed by atoms with Crippen molar-refractivity contribution in [3.8, 4) is 0 Å². The van der Waals surface area contributed by atoms with Gasteiger partial charge in [0.1, 0.15) is 0 Å². The molecule has 1 unspecified atom stereocenters. The average molecular weight is 345 g/mol. The molecular weight excluding hydrogens is 320 g/mol. The topological polar surface area (TPSA) is 0 Å². The summed E-state index contributed by atoms with van der Waals surface area (Å²) >= 11 is 3.87. The Labute approximate surface area is 137 Å². The zero-order valence-corrected chi connectivity index (χ0v) is 15.3. The molecule has 1 atom stereocenters. The van der Waals surface area contributed by atoms with E-state index in [1.807, 2.05) is 0 Å². The second-order valence-electron chi connectivity index (χ2n) is 6.58. The Kier molecular flexibility index (Phi) is 4.93. The first-order valence-electron chi connectivity index (χ1n) is 7.67. The van der Waals surface area contributed by atoms with Crippen LogP contribution in [0.25, 0.3) is 0 Å². The summed E-state index contributed by atoms with van der Waals surface area (Å²) in [6, 6.07) is 15.7. The third kappa shape index (κ3) is 3.58. The van der Waals surface area contributed by atoms with Crippen molar-refractivity contribution in [2.24, 2.45) is 0 Å². The predicted octanol–water partition coefficient (Wildman–Crippen LogP) is 6.48. The van der Waals surface area contributed by atoms with Gasteiger partial charge in [-0.15, -0.1) is 0 Å². The molecule has 0 aliphatic rings. The SMILES string of the molecule is CCC(C)(C)c1ccc(C(Br)c2cc(C)ccc2C)cc1. The van der Waals surface area contributed by atoms with E-state index in [2.05, 4.69) is 93.0 Å². The van der Waals surface area contributed by atoms with Crippen molar-refractivity contribution < 1.29 is 0 Å². The molecule has 0 aromatic heterocycles. The van der Waals surface area contributed by atoms with Gasteiger partial charge in [0, 0.05) is 0 Å². The molecule has 0 spiro atoms. The maximum Gasteiger partial charge on any atom is 0.0647 e. The zero-order valence-electron chi connectivity index (χ0n) is 13.7. The second kappa shape index (κ2) is 6.36. The largest absolute Gasteiger partial charge is 0.0786 e. The first-order valence-corrected chi connectivity index (χ1v) is 8.58. The van der Waals surface area contributed by atoms with Crippen LogP contribution in [0.3, 0.4) is 0 Å². The minimum Gasteiger partial charge on any atom is -0.0786 e. The third-order valence-corrected chi connectivity index (χ3v) is 5.60. The molecule has 2 rings (SSSR count). The van der Waals surface area contributed by atoms with Gasteiger partial charge in [0.2, 0.25) is 0 Å². The number of aryl methyl sites for hydroxylation is 2. The number of hydrogen-bond acceptors (Lipinski definition) is 0. The Hall–Kier alpha value is -1.08. The molecule has 0 heterocycles. The monoisotopic (exact) mass is 344 g/mol. The van der Waals surface area contributed by atoms with Gasteiger partial charge in [-0.1, -0.05) is 84.7 Å². The summed E-state index contributed by atoms with van der Waals surface area (Å²) in [5.41, 5.74) is 6.98. The molecule has 0 nitrogen and oxygen atoms in total. The van der Waals surface area contributed by atoms with Crippen molar-refractivity contribution in [3.63, 3.8) is 0 Å². The first kappa shape index (κ1) is 16.3. The molecule has 0 saturated carbocycles. The van der Waals surface area contributed by atoms with E-state index >= 15 is 0 Å². The fourth-order valence-corrected chi connectivity index (χ4v) is 3.32. The van der Waals surface area contributed by atoms with Crippen LogP contribution >= 0.6 is 15.9 Å². The lowest BCUT2D eigenvalue weighted by atomic mass is 9.82. The lowest BCUT2D eigenvalue weighted by molar-refractivity contribution is 0.506. The predicted molar refractivity (Wildman–Crippen MR) is 96.4 cm³/mol. The van der Waals surface area contributed by atoms with Gasteiger partial charge in [0.25, 0.3) is 0 Å². The van der Waals surface area contributed by atoms with Crippen LogP contribution in [0.1, 0.15) is 59.8 Å². The summed E-state index contributed by atoms with van der Waals surface area (Å²) in [7, 11) is 0.